The Kier molecular flexibility index (Phi) is 8.93. The number of nitrogen functional groups attached to an aromatic ring is 1. The van der Waals surface area contributed by atoms with E-state index in [9.17, 15) is 18.0 Å². The first kappa shape index (κ1) is 27.9. The summed E-state index contributed by atoms with van der Waals surface area (Å²) in [4.78, 5) is 18.9. The average molecular weight is 526 g/mol. The fourth-order valence-corrected chi connectivity index (χ4v) is 5.62. The number of nitrogens with one attached hydrogen (secondary N) is 3. The number of thioether (sulfide) groups is 1. The van der Waals surface area contributed by atoms with E-state index >= 15 is 0 Å². The summed E-state index contributed by atoms with van der Waals surface area (Å²) in [5.41, 5.74) is 13.9. The number of piperidine rings is 1. The van der Waals surface area contributed by atoms with Gasteiger partial charge in [-0.1, -0.05) is 13.0 Å². The van der Waals surface area contributed by atoms with Crippen LogP contribution >= 0.6 is 11.8 Å². The number of aliphatic imine (C=N–C) groups is 1. The molecule has 0 spiro atoms. The Morgan fingerprint density at radius 3 is 2.64 bits per heavy atom. The predicted molar refractivity (Wildman–Crippen MR) is 142 cm³/mol. The van der Waals surface area contributed by atoms with Crippen LogP contribution in [0.5, 0.6) is 0 Å². The maximum Gasteiger partial charge on any atom is 0.429 e. The lowest BCUT2D eigenvalue weighted by Crippen LogP contribution is -2.59. The van der Waals surface area contributed by atoms with Crippen molar-refractivity contribution < 1.29 is 18.0 Å². The molecule has 0 aliphatic carbocycles. The molecule has 1 unspecified atom stereocenters. The Labute approximate surface area is 213 Å². The maximum absolute atomic E-state index is 12.7. The fourth-order valence-electron chi connectivity index (χ4n) is 4.39. The molecule has 0 bridgehead atoms. The van der Waals surface area contributed by atoms with E-state index in [1.165, 1.54) is 6.08 Å². The molecule has 3 rings (SSSR count). The van der Waals surface area contributed by atoms with Crippen LogP contribution in [-0.4, -0.2) is 66.9 Å². The van der Waals surface area contributed by atoms with Gasteiger partial charge < -0.3 is 32.4 Å². The van der Waals surface area contributed by atoms with Crippen LogP contribution in [0.3, 0.4) is 0 Å². The number of allylic oxidation sites excluding steroid dienone is 1. The number of primary amides is 1. The summed E-state index contributed by atoms with van der Waals surface area (Å²) in [6, 6.07) is 5.66. The lowest BCUT2D eigenvalue weighted by molar-refractivity contribution is -0.125. The summed E-state index contributed by atoms with van der Waals surface area (Å²) in [5, 5.41) is 13.5. The van der Waals surface area contributed by atoms with Gasteiger partial charge in [-0.15, -0.1) is 11.8 Å². The van der Waals surface area contributed by atoms with Gasteiger partial charge in [0.1, 0.15) is 16.6 Å². The molecule has 0 aromatic heterocycles. The highest BCUT2D eigenvalue weighted by Crippen LogP contribution is 2.34. The average Bonchev–Trinajstić information content (AvgIpc) is 3.31. The smallest absolute Gasteiger partial charge is 0.399 e. The molecule has 1 aromatic rings. The zero-order valence-electron chi connectivity index (χ0n) is 20.5. The minimum atomic E-state index is -4.60. The Hall–Kier alpha value is -2.73. The molecule has 2 heterocycles. The number of nitrogens with zero attached hydrogens (tertiary/aromatic N) is 2. The molecule has 1 saturated heterocycles. The lowest BCUT2D eigenvalue weighted by Gasteiger charge is -2.41. The van der Waals surface area contributed by atoms with Gasteiger partial charge in [0, 0.05) is 36.7 Å². The van der Waals surface area contributed by atoms with Gasteiger partial charge in [-0.3, -0.25) is 9.79 Å². The molecule has 0 saturated carbocycles. The molecule has 0 radical (unpaired) electrons. The third-order valence-electron chi connectivity index (χ3n) is 6.76. The predicted octanol–water partition coefficient (Wildman–Crippen LogP) is 3.55. The highest BCUT2D eigenvalue weighted by atomic mass is 32.2. The second kappa shape index (κ2) is 11.5. The number of hydrogen-bond acceptors (Lipinski definition) is 8. The summed E-state index contributed by atoms with van der Waals surface area (Å²) in [5.74, 6) is 0.318. The van der Waals surface area contributed by atoms with Crippen LogP contribution in [0.1, 0.15) is 32.6 Å². The van der Waals surface area contributed by atoms with Crippen molar-refractivity contribution in [2.75, 3.05) is 48.4 Å². The van der Waals surface area contributed by atoms with Crippen LogP contribution in [0.25, 0.3) is 0 Å². The quantitative estimate of drug-likeness (QED) is 0.180. The van der Waals surface area contributed by atoms with Crippen molar-refractivity contribution >= 4 is 46.2 Å². The van der Waals surface area contributed by atoms with Crippen molar-refractivity contribution in [1.29, 1.82) is 5.41 Å². The van der Waals surface area contributed by atoms with Gasteiger partial charge in [0.15, 0.2) is 0 Å². The lowest BCUT2D eigenvalue weighted by atomic mass is 9.86. The molecule has 1 fully saturated rings. The zero-order chi connectivity index (χ0) is 26.5. The number of carbonyl (C=O) groups is 1. The van der Waals surface area contributed by atoms with Crippen molar-refractivity contribution in [2.45, 2.75) is 49.7 Å². The monoisotopic (exact) mass is 525 g/mol. The molecule has 8 nitrogen and oxygen atoms in total. The number of amides is 1. The van der Waals surface area contributed by atoms with Gasteiger partial charge >= 0.3 is 6.18 Å². The molecule has 1 atom stereocenters. The van der Waals surface area contributed by atoms with Crippen LogP contribution in [0.4, 0.5) is 30.2 Å². The highest BCUT2D eigenvalue weighted by molar-refractivity contribution is 8.01. The first-order chi connectivity index (χ1) is 17.0. The fraction of sp³-hybridized carbons (Fsp3) is 0.542. The van der Waals surface area contributed by atoms with E-state index in [1.54, 1.807) is 18.8 Å². The molecule has 36 heavy (non-hydrogen) atoms. The van der Waals surface area contributed by atoms with Crippen molar-refractivity contribution in [3.63, 3.8) is 0 Å². The van der Waals surface area contributed by atoms with Crippen LogP contribution in [0.15, 0.2) is 34.8 Å². The van der Waals surface area contributed by atoms with Crippen LogP contribution < -0.4 is 27.0 Å². The number of anilines is 3. The largest absolute Gasteiger partial charge is 0.429 e. The van der Waals surface area contributed by atoms with Gasteiger partial charge in [-0.2, -0.15) is 13.2 Å². The standard InChI is InChI=1S/C24H34F3N7OS/c1-3-15(4-7-20(29)24(25,26)27)21-33-17(14-36-21)13-32-18-12-16(28)5-6-19(18)34-10-8-23(31-2,9-11-34)22(30)35/h4-6,12,21,29,31-32H,3,7-11,13-14,28H2,1-2H3,(H2,30,35)/b15-4+,29-20?. The van der Waals surface area contributed by atoms with Crippen LogP contribution in [0.2, 0.25) is 0 Å². The highest BCUT2D eigenvalue weighted by Gasteiger charge is 2.39. The third kappa shape index (κ3) is 6.52. The molecule has 2 aliphatic heterocycles. The van der Waals surface area contributed by atoms with Gasteiger partial charge in [-0.05, 0) is 50.1 Å². The Morgan fingerprint density at radius 2 is 2.06 bits per heavy atom. The van der Waals surface area contributed by atoms with E-state index < -0.39 is 23.8 Å². The maximum atomic E-state index is 12.7. The van der Waals surface area contributed by atoms with E-state index in [2.05, 4.69) is 15.5 Å². The molecule has 7 N–H and O–H groups in total. The van der Waals surface area contributed by atoms with Gasteiger partial charge in [0.2, 0.25) is 5.91 Å². The number of carbonyl (C=O) groups excluding carboxylic acids is 1. The van der Waals surface area contributed by atoms with Crippen LogP contribution in [0, 0.1) is 5.41 Å². The van der Waals surface area contributed by atoms with Crippen molar-refractivity contribution in [2.24, 2.45) is 10.7 Å². The van der Waals surface area contributed by atoms with E-state index in [1.807, 2.05) is 25.1 Å². The molecular weight excluding hydrogens is 491 g/mol. The number of nitrogens with two attached hydrogens (primary N) is 2. The topological polar surface area (TPSA) is 133 Å². The van der Waals surface area contributed by atoms with Crippen molar-refractivity contribution in [1.82, 2.24) is 5.32 Å². The second-order valence-corrected chi connectivity index (χ2v) is 10.1. The van der Waals surface area contributed by atoms with E-state index in [-0.39, 0.29) is 11.3 Å². The molecule has 1 amide bonds. The molecule has 2 aliphatic rings. The number of hydrogen-bond donors (Lipinski definition) is 5. The Balaban J connectivity index is 1.66. The second-order valence-electron chi connectivity index (χ2n) is 8.99. The third-order valence-corrected chi connectivity index (χ3v) is 7.98. The molecule has 198 valence electrons. The minimum Gasteiger partial charge on any atom is -0.399 e. The normalized spacial score (nSPS) is 20.2. The van der Waals surface area contributed by atoms with E-state index in [0.29, 0.717) is 50.3 Å². The summed E-state index contributed by atoms with van der Waals surface area (Å²) >= 11 is 1.57. The van der Waals surface area contributed by atoms with Crippen LogP contribution in [-0.2, 0) is 4.79 Å². The number of alkyl halides is 3. The van der Waals surface area contributed by atoms with E-state index in [0.717, 1.165) is 22.7 Å². The summed E-state index contributed by atoms with van der Waals surface area (Å²) in [6.07, 6.45) is -1.82. The molecule has 12 heteroatoms. The first-order valence-corrected chi connectivity index (χ1v) is 12.9. The zero-order valence-corrected chi connectivity index (χ0v) is 21.4. The summed E-state index contributed by atoms with van der Waals surface area (Å²) in [6.45, 7) is 3.66. The number of benzene rings is 1. The number of halogens is 3. The summed E-state index contributed by atoms with van der Waals surface area (Å²) < 4.78 is 38.0. The van der Waals surface area contributed by atoms with E-state index in [4.69, 9.17) is 21.9 Å². The van der Waals surface area contributed by atoms with Gasteiger partial charge in [0.25, 0.3) is 0 Å². The summed E-state index contributed by atoms with van der Waals surface area (Å²) in [7, 11) is 1.75. The SMILES string of the molecule is CC/C(=C\CC(=N)C(F)(F)F)C1N=C(CNc2cc(N)ccc2N2CCC(NC)(C(N)=O)CC2)CS1. The Morgan fingerprint density at radius 1 is 1.36 bits per heavy atom. The first-order valence-electron chi connectivity index (χ1n) is 11.9. The van der Waals surface area contributed by atoms with Gasteiger partial charge in [0.05, 0.1) is 17.9 Å². The Bertz CT molecular complexity index is 1030. The number of likely N-dealkylation sites (N-methyl/N-ethyl adjacent to an activating group) is 1. The van der Waals surface area contributed by atoms with Crippen molar-refractivity contribution in [3.05, 3.63) is 29.8 Å². The molecule has 1 aromatic carbocycles. The number of rotatable bonds is 10. The minimum absolute atomic E-state index is 0.237. The molecular formula is C24H34F3N7OS. The van der Waals surface area contributed by atoms with Crippen molar-refractivity contribution in [3.8, 4) is 0 Å². The van der Waals surface area contributed by atoms with Gasteiger partial charge in [-0.25, -0.2) is 0 Å².